The van der Waals surface area contributed by atoms with E-state index in [0.717, 1.165) is 0 Å². The molecule has 2 heterocycles. The third-order valence-corrected chi connectivity index (χ3v) is 4.87. The molecule has 0 aliphatic rings. The van der Waals surface area contributed by atoms with Gasteiger partial charge in [0.2, 0.25) is 5.03 Å². The number of aromatic nitrogens is 3. The number of ether oxygens (including phenoxy) is 2. The second-order valence-electron chi connectivity index (χ2n) is 4.89. The predicted octanol–water partition coefficient (Wildman–Crippen LogP) is 1.45. The van der Waals surface area contributed by atoms with Crippen LogP contribution >= 0.6 is 0 Å². The standard InChI is InChI=1S/C15H16N4O4S/c1-22-12-6-3-7-13(23-2)11(12)9-17-24(20,21)15-10-5-4-8-16-14(10)18-19-15/h3-8,17H,9H2,1-2H3,(H,16,18,19). The van der Waals surface area contributed by atoms with Crippen LogP contribution in [0, 0.1) is 0 Å². The lowest BCUT2D eigenvalue weighted by molar-refractivity contribution is 0.384. The first-order valence-corrected chi connectivity index (χ1v) is 8.53. The van der Waals surface area contributed by atoms with E-state index >= 15 is 0 Å². The highest BCUT2D eigenvalue weighted by molar-refractivity contribution is 7.89. The number of aromatic amines is 1. The van der Waals surface area contributed by atoms with E-state index in [9.17, 15) is 8.42 Å². The number of sulfonamides is 1. The molecule has 3 aromatic rings. The number of rotatable bonds is 6. The van der Waals surface area contributed by atoms with E-state index in [0.29, 0.717) is 28.1 Å². The number of nitrogens with one attached hydrogen (secondary N) is 2. The summed E-state index contributed by atoms with van der Waals surface area (Å²) in [5.41, 5.74) is 1.01. The minimum atomic E-state index is -3.84. The maximum Gasteiger partial charge on any atom is 0.260 e. The van der Waals surface area contributed by atoms with Crippen molar-refractivity contribution in [2.75, 3.05) is 14.2 Å². The van der Waals surface area contributed by atoms with Gasteiger partial charge in [-0.25, -0.2) is 18.1 Å². The topological polar surface area (TPSA) is 106 Å². The number of hydrogen-bond donors (Lipinski definition) is 2. The van der Waals surface area contributed by atoms with E-state index < -0.39 is 10.0 Å². The van der Waals surface area contributed by atoms with Crippen molar-refractivity contribution in [1.82, 2.24) is 19.9 Å². The average Bonchev–Trinajstić information content (AvgIpc) is 3.04. The second kappa shape index (κ2) is 6.46. The molecule has 9 heteroatoms. The van der Waals surface area contributed by atoms with Crippen LogP contribution in [0.4, 0.5) is 0 Å². The summed E-state index contributed by atoms with van der Waals surface area (Å²) < 4.78 is 38.2. The van der Waals surface area contributed by atoms with E-state index in [1.165, 1.54) is 14.2 Å². The first-order chi connectivity index (χ1) is 11.6. The second-order valence-corrected chi connectivity index (χ2v) is 6.58. The van der Waals surface area contributed by atoms with Crippen molar-refractivity contribution in [3.05, 3.63) is 42.1 Å². The number of methoxy groups -OCH3 is 2. The molecule has 8 nitrogen and oxygen atoms in total. The number of pyridine rings is 1. The molecule has 0 unspecified atom stereocenters. The van der Waals surface area contributed by atoms with Gasteiger partial charge in [0, 0.05) is 12.7 Å². The molecule has 126 valence electrons. The molecule has 0 radical (unpaired) electrons. The smallest absolute Gasteiger partial charge is 0.260 e. The fourth-order valence-corrected chi connectivity index (χ4v) is 3.46. The number of nitrogens with zero attached hydrogens (tertiary/aromatic N) is 2. The Morgan fingerprint density at radius 3 is 2.50 bits per heavy atom. The zero-order chi connectivity index (χ0) is 17.2. The van der Waals surface area contributed by atoms with E-state index in [-0.39, 0.29) is 11.6 Å². The van der Waals surface area contributed by atoms with Crippen LogP contribution in [-0.2, 0) is 16.6 Å². The van der Waals surface area contributed by atoms with Gasteiger partial charge in [0.15, 0.2) is 5.65 Å². The number of benzene rings is 1. The summed E-state index contributed by atoms with van der Waals surface area (Å²) in [6.45, 7) is 0.00410. The summed E-state index contributed by atoms with van der Waals surface area (Å²) in [5.74, 6) is 1.07. The fourth-order valence-electron chi connectivity index (χ4n) is 2.37. The molecule has 0 fully saturated rings. The number of fused-ring (bicyclic) bond motifs is 1. The highest BCUT2D eigenvalue weighted by atomic mass is 32.2. The van der Waals surface area contributed by atoms with Crippen LogP contribution in [-0.4, -0.2) is 37.8 Å². The van der Waals surface area contributed by atoms with Crippen LogP contribution < -0.4 is 14.2 Å². The van der Waals surface area contributed by atoms with Gasteiger partial charge < -0.3 is 9.47 Å². The SMILES string of the molecule is COc1cccc(OC)c1CNS(=O)(=O)c1n[nH]c2ncccc12. The van der Waals surface area contributed by atoms with E-state index in [2.05, 4.69) is 19.9 Å². The van der Waals surface area contributed by atoms with Crippen molar-refractivity contribution in [2.24, 2.45) is 0 Å². The Morgan fingerprint density at radius 1 is 1.12 bits per heavy atom. The van der Waals surface area contributed by atoms with Crippen molar-refractivity contribution >= 4 is 21.1 Å². The average molecular weight is 348 g/mol. The van der Waals surface area contributed by atoms with Crippen molar-refractivity contribution in [2.45, 2.75) is 11.6 Å². The van der Waals surface area contributed by atoms with E-state index in [4.69, 9.17) is 9.47 Å². The van der Waals surface area contributed by atoms with Gasteiger partial charge in [0.25, 0.3) is 10.0 Å². The molecule has 0 bridgehead atoms. The Hall–Kier alpha value is -2.65. The first kappa shape index (κ1) is 16.2. The summed E-state index contributed by atoms with van der Waals surface area (Å²) in [7, 11) is -0.808. The summed E-state index contributed by atoms with van der Waals surface area (Å²) in [6.07, 6.45) is 1.56. The summed E-state index contributed by atoms with van der Waals surface area (Å²) in [5, 5.41) is 6.80. The van der Waals surface area contributed by atoms with Gasteiger partial charge >= 0.3 is 0 Å². The summed E-state index contributed by atoms with van der Waals surface area (Å²) in [4.78, 5) is 4.04. The quantitative estimate of drug-likeness (QED) is 0.698. The van der Waals surface area contributed by atoms with Crippen molar-refractivity contribution in [3.63, 3.8) is 0 Å². The Morgan fingerprint density at radius 2 is 1.83 bits per heavy atom. The summed E-state index contributed by atoms with van der Waals surface area (Å²) in [6, 6.07) is 8.53. The predicted molar refractivity (Wildman–Crippen MR) is 87.5 cm³/mol. The molecule has 1 aromatic carbocycles. The van der Waals surface area contributed by atoms with Gasteiger partial charge in [-0.1, -0.05) is 6.07 Å². The van der Waals surface area contributed by atoms with Crippen LogP contribution in [0.25, 0.3) is 11.0 Å². The monoisotopic (exact) mass is 348 g/mol. The minimum Gasteiger partial charge on any atom is -0.496 e. The molecular formula is C15H16N4O4S. The van der Waals surface area contributed by atoms with Gasteiger partial charge in [-0.3, -0.25) is 5.10 Å². The molecule has 2 aromatic heterocycles. The summed E-state index contributed by atoms with van der Waals surface area (Å²) >= 11 is 0. The maximum atomic E-state index is 12.6. The fraction of sp³-hybridized carbons (Fsp3) is 0.200. The van der Waals surface area contributed by atoms with Gasteiger partial charge in [-0.2, -0.15) is 5.10 Å². The van der Waals surface area contributed by atoms with Crippen molar-refractivity contribution < 1.29 is 17.9 Å². The van der Waals surface area contributed by atoms with Crippen LogP contribution in [0.2, 0.25) is 0 Å². The highest BCUT2D eigenvalue weighted by Crippen LogP contribution is 2.28. The lowest BCUT2D eigenvalue weighted by Gasteiger charge is -2.13. The van der Waals surface area contributed by atoms with Gasteiger partial charge in [0.1, 0.15) is 11.5 Å². The van der Waals surface area contributed by atoms with E-state index in [1.807, 2.05) is 0 Å². The number of H-pyrrole nitrogens is 1. The molecular weight excluding hydrogens is 332 g/mol. The zero-order valence-corrected chi connectivity index (χ0v) is 13.9. The Bertz CT molecular complexity index is 946. The zero-order valence-electron chi connectivity index (χ0n) is 13.1. The van der Waals surface area contributed by atoms with Crippen molar-refractivity contribution in [1.29, 1.82) is 0 Å². The van der Waals surface area contributed by atoms with Gasteiger partial charge in [-0.05, 0) is 24.3 Å². The first-order valence-electron chi connectivity index (χ1n) is 7.05. The molecule has 3 rings (SSSR count). The number of hydrogen-bond acceptors (Lipinski definition) is 6. The highest BCUT2D eigenvalue weighted by Gasteiger charge is 2.22. The third kappa shape index (κ3) is 2.91. The van der Waals surface area contributed by atoms with E-state index in [1.54, 1.807) is 36.5 Å². The Labute approximate surface area is 138 Å². The van der Waals surface area contributed by atoms with Gasteiger partial charge in [0.05, 0.1) is 25.2 Å². The van der Waals surface area contributed by atoms with Crippen LogP contribution in [0.1, 0.15) is 5.56 Å². The Balaban J connectivity index is 1.92. The third-order valence-electron chi connectivity index (χ3n) is 3.52. The molecule has 0 amide bonds. The molecule has 0 saturated carbocycles. The lowest BCUT2D eigenvalue weighted by atomic mass is 10.2. The normalized spacial score (nSPS) is 11.6. The maximum absolute atomic E-state index is 12.6. The molecule has 0 atom stereocenters. The minimum absolute atomic E-state index is 0.00410. The van der Waals surface area contributed by atoms with Crippen LogP contribution in [0.3, 0.4) is 0 Å². The van der Waals surface area contributed by atoms with Crippen LogP contribution in [0.5, 0.6) is 11.5 Å². The lowest BCUT2D eigenvalue weighted by Crippen LogP contribution is -2.24. The molecule has 0 saturated heterocycles. The Kier molecular flexibility index (Phi) is 4.36. The van der Waals surface area contributed by atoms with Crippen LogP contribution in [0.15, 0.2) is 41.6 Å². The van der Waals surface area contributed by atoms with Crippen molar-refractivity contribution in [3.8, 4) is 11.5 Å². The van der Waals surface area contributed by atoms with Gasteiger partial charge in [-0.15, -0.1) is 0 Å². The largest absolute Gasteiger partial charge is 0.496 e. The molecule has 2 N–H and O–H groups in total. The molecule has 0 spiro atoms. The molecule has 0 aliphatic heterocycles. The molecule has 24 heavy (non-hydrogen) atoms. The molecule has 0 aliphatic carbocycles.